The molecule has 1 aliphatic heterocycles. The van der Waals surface area contributed by atoms with E-state index in [1.807, 2.05) is 6.92 Å². The van der Waals surface area contributed by atoms with Crippen molar-refractivity contribution in [2.45, 2.75) is 101 Å². The first kappa shape index (κ1) is 39.1. The van der Waals surface area contributed by atoms with Gasteiger partial charge in [-0.15, -0.1) is 0 Å². The number of nitrogens with zero attached hydrogens (tertiary/aromatic N) is 1. The molecule has 6 fully saturated rings. The molecule has 1 saturated heterocycles. The Morgan fingerprint density at radius 3 is 2.41 bits per heavy atom. The molecule has 298 valence electrons. The molecule has 1 heterocycles. The van der Waals surface area contributed by atoms with E-state index in [1.165, 1.54) is 0 Å². The number of methoxy groups -OCH3 is 3. The number of hydrogen-bond acceptors (Lipinski definition) is 12. The first-order valence-corrected chi connectivity index (χ1v) is 19.4. The Kier molecular flexibility index (Phi) is 10.00. The van der Waals surface area contributed by atoms with E-state index in [4.69, 9.17) is 29.4 Å². The second-order valence-electron chi connectivity index (χ2n) is 17.2. The predicted octanol–water partition coefficient (Wildman–Crippen LogP) is 2.14. The van der Waals surface area contributed by atoms with Crippen molar-refractivity contribution in [3.8, 4) is 0 Å². The quantitative estimate of drug-likeness (QED) is 0.215. The summed E-state index contributed by atoms with van der Waals surface area (Å²) in [5.41, 5.74) is 0.639. The molecule has 1 aromatic rings. The zero-order valence-electron chi connectivity index (χ0n) is 32.4. The van der Waals surface area contributed by atoms with Gasteiger partial charge in [0.25, 0.3) is 0 Å². The van der Waals surface area contributed by atoms with Gasteiger partial charge in [-0.25, -0.2) is 4.79 Å². The summed E-state index contributed by atoms with van der Waals surface area (Å²) in [6.07, 6.45) is -0.568. The number of esters is 2. The first-order valence-electron chi connectivity index (χ1n) is 19.4. The lowest BCUT2D eigenvalue weighted by molar-refractivity contribution is -0.319. The SMILES string of the molecule is CCN1C[C@]2(COC(=O)c3ccccc3NC(=O)[C@@H](C)CC(N)=O)CC[C@H](OC)[C@@]34[C@@H]5C[C@H]6[C@H](OC(=O)C(C)C)[C@@H]5[C@](O)(C[C@@H]6OC)[C@@](O)([C@@H](OC)[C@H]23)[C@@H]14. The highest BCUT2D eigenvalue weighted by atomic mass is 16.6. The highest BCUT2D eigenvalue weighted by Gasteiger charge is 2.92. The summed E-state index contributed by atoms with van der Waals surface area (Å²) in [7, 11) is 4.87. The van der Waals surface area contributed by atoms with Crippen molar-refractivity contribution < 1.29 is 53.1 Å². The van der Waals surface area contributed by atoms with Crippen LogP contribution in [0.15, 0.2) is 24.3 Å². The molecule has 6 aliphatic rings. The van der Waals surface area contributed by atoms with Gasteiger partial charge in [-0.3, -0.25) is 19.3 Å². The van der Waals surface area contributed by atoms with Crippen LogP contribution in [0.1, 0.15) is 70.2 Å². The lowest BCUT2D eigenvalue weighted by Crippen LogP contribution is -2.82. The van der Waals surface area contributed by atoms with Gasteiger partial charge < -0.3 is 44.9 Å². The van der Waals surface area contributed by atoms with Gasteiger partial charge in [0, 0.05) is 75.2 Å². The number of nitrogens with two attached hydrogens (primary N) is 1. The van der Waals surface area contributed by atoms with Crippen LogP contribution in [-0.4, -0.2) is 122 Å². The van der Waals surface area contributed by atoms with Crippen molar-refractivity contribution in [3.05, 3.63) is 29.8 Å². The monoisotopic (exact) mass is 755 g/mol. The number of carbonyl (C=O) groups is 4. The van der Waals surface area contributed by atoms with Gasteiger partial charge >= 0.3 is 11.9 Å². The fourth-order valence-electron chi connectivity index (χ4n) is 12.8. The maximum absolute atomic E-state index is 14.1. The van der Waals surface area contributed by atoms with Crippen LogP contribution in [0.25, 0.3) is 0 Å². The van der Waals surface area contributed by atoms with Gasteiger partial charge in [0.05, 0.1) is 48.1 Å². The zero-order chi connectivity index (χ0) is 39.1. The topological polar surface area (TPSA) is 196 Å². The van der Waals surface area contributed by atoms with E-state index < -0.39 is 81.9 Å². The fraction of sp³-hybridized carbons (Fsp3) is 0.750. The second-order valence-corrected chi connectivity index (χ2v) is 17.2. The van der Waals surface area contributed by atoms with E-state index in [2.05, 4.69) is 10.2 Å². The molecule has 54 heavy (non-hydrogen) atoms. The number of primary amides is 1. The summed E-state index contributed by atoms with van der Waals surface area (Å²) in [6, 6.07) is 5.99. The van der Waals surface area contributed by atoms with E-state index in [0.717, 1.165) is 0 Å². The number of hydrogen-bond donors (Lipinski definition) is 4. The number of likely N-dealkylation sites (N-methyl/N-ethyl adjacent to an activating group) is 1. The average molecular weight is 756 g/mol. The lowest BCUT2D eigenvalue weighted by atomic mass is 9.42. The number of carbonyl (C=O) groups excluding carboxylic acids is 4. The number of piperidine rings is 1. The Hall–Kier alpha value is -3.14. The molecule has 0 radical (unpaired) electrons. The van der Waals surface area contributed by atoms with Gasteiger partial charge in [0.1, 0.15) is 17.3 Å². The molecule has 0 aromatic heterocycles. The smallest absolute Gasteiger partial charge is 0.340 e. The Morgan fingerprint density at radius 2 is 1.78 bits per heavy atom. The Bertz CT molecular complexity index is 1670. The minimum atomic E-state index is -1.83. The molecule has 5 N–H and O–H groups in total. The molecule has 1 spiro atoms. The number of amides is 2. The third-order valence-electron chi connectivity index (χ3n) is 14.6. The molecule has 14 nitrogen and oxygen atoms in total. The Balaban J connectivity index is 1.30. The van der Waals surface area contributed by atoms with Gasteiger partial charge in [0.15, 0.2) is 0 Å². The largest absolute Gasteiger partial charge is 0.461 e. The van der Waals surface area contributed by atoms with Gasteiger partial charge in [-0.05, 0) is 43.9 Å². The molecule has 2 amide bonds. The Labute approximate surface area is 316 Å². The van der Waals surface area contributed by atoms with Crippen LogP contribution in [-0.2, 0) is 38.1 Å². The van der Waals surface area contributed by atoms with Crippen molar-refractivity contribution in [1.82, 2.24) is 4.90 Å². The van der Waals surface area contributed by atoms with Crippen molar-refractivity contribution in [1.29, 1.82) is 0 Å². The van der Waals surface area contributed by atoms with Gasteiger partial charge in [-0.1, -0.05) is 39.8 Å². The van der Waals surface area contributed by atoms with E-state index >= 15 is 0 Å². The number of fused-ring (bicyclic) bond motifs is 2. The standard InChI is InChI=1S/C40H57N3O11/c1-8-43-18-37(19-53-35(47)22-11-9-10-12-25(22)42-33(45)21(4)15-28(41)44)14-13-27(51-6)39-24-16-23-26(50-5)17-38(48,29(24)30(23)54-34(46)20(2)3)40(49,36(39)43)32(52-7)31(37)39/h9-12,20-21,23-24,26-27,29-32,36,48-49H,8,13-19H2,1-7H3,(H2,41,44)(H,42,45)/t21-,23+,24+,26-,27-,29+,30-,31+,32-,36-,37-,38+,39-,40+/m0/s1. The number of rotatable bonds is 13. The number of ether oxygens (including phenoxy) is 5. The number of likely N-dealkylation sites (tertiary alicyclic amines) is 1. The summed E-state index contributed by atoms with van der Waals surface area (Å²) in [4.78, 5) is 54.0. The van der Waals surface area contributed by atoms with Crippen LogP contribution in [0.2, 0.25) is 0 Å². The molecule has 1 aromatic carbocycles. The number of aliphatic hydroxyl groups is 2. The minimum absolute atomic E-state index is 0.0140. The molecule has 14 atom stereocenters. The molecular weight excluding hydrogens is 698 g/mol. The number of anilines is 1. The summed E-state index contributed by atoms with van der Waals surface area (Å²) in [5, 5.41) is 29.7. The van der Waals surface area contributed by atoms with Gasteiger partial charge in [-0.2, -0.15) is 0 Å². The number of nitrogens with one attached hydrogen (secondary N) is 1. The average Bonchev–Trinajstić information content (AvgIpc) is 3.53. The lowest BCUT2D eigenvalue weighted by Gasteiger charge is -2.70. The summed E-state index contributed by atoms with van der Waals surface area (Å²) in [6.45, 7) is 8.19. The van der Waals surface area contributed by atoms with Crippen molar-refractivity contribution in [2.24, 2.45) is 52.1 Å². The van der Waals surface area contributed by atoms with Crippen LogP contribution in [0.3, 0.4) is 0 Å². The van der Waals surface area contributed by atoms with E-state index in [9.17, 15) is 29.4 Å². The van der Waals surface area contributed by atoms with Crippen LogP contribution in [0.4, 0.5) is 5.69 Å². The molecule has 7 rings (SSSR count). The van der Waals surface area contributed by atoms with Crippen molar-refractivity contribution >= 4 is 29.4 Å². The van der Waals surface area contributed by atoms with Crippen LogP contribution in [0.5, 0.6) is 0 Å². The van der Waals surface area contributed by atoms with Crippen molar-refractivity contribution in [3.63, 3.8) is 0 Å². The van der Waals surface area contributed by atoms with Crippen LogP contribution >= 0.6 is 0 Å². The molecule has 5 saturated carbocycles. The summed E-state index contributed by atoms with van der Waals surface area (Å²) in [5.74, 6) is -4.62. The molecule has 14 heteroatoms. The zero-order valence-corrected chi connectivity index (χ0v) is 32.4. The normalized spacial score (nSPS) is 42.0. The van der Waals surface area contributed by atoms with Crippen LogP contribution in [0, 0.1) is 46.3 Å². The predicted molar refractivity (Wildman–Crippen MR) is 194 cm³/mol. The van der Waals surface area contributed by atoms with E-state index in [0.29, 0.717) is 32.4 Å². The Morgan fingerprint density at radius 1 is 1.06 bits per heavy atom. The van der Waals surface area contributed by atoms with Gasteiger partial charge in [0.2, 0.25) is 11.8 Å². The molecule has 7 bridgehead atoms. The highest BCUT2D eigenvalue weighted by Crippen LogP contribution is 2.80. The second kappa shape index (κ2) is 13.8. The maximum Gasteiger partial charge on any atom is 0.340 e. The number of para-hydroxylation sites is 1. The van der Waals surface area contributed by atoms with E-state index in [1.54, 1.807) is 66.4 Å². The fourth-order valence-corrected chi connectivity index (χ4v) is 12.8. The first-order chi connectivity index (χ1) is 25.6. The number of benzene rings is 1. The molecule has 5 aliphatic carbocycles. The van der Waals surface area contributed by atoms with Crippen molar-refractivity contribution in [2.75, 3.05) is 46.3 Å². The minimum Gasteiger partial charge on any atom is -0.461 e. The molecular formula is C40H57N3O11. The maximum atomic E-state index is 14.1. The summed E-state index contributed by atoms with van der Waals surface area (Å²) < 4.78 is 31.5. The third kappa shape index (κ3) is 5.19. The third-order valence-corrected chi connectivity index (χ3v) is 14.6. The summed E-state index contributed by atoms with van der Waals surface area (Å²) >= 11 is 0. The van der Waals surface area contributed by atoms with Crippen LogP contribution < -0.4 is 11.1 Å². The van der Waals surface area contributed by atoms with E-state index in [-0.39, 0.29) is 60.5 Å². The highest BCUT2D eigenvalue weighted by molar-refractivity contribution is 6.02. The molecule has 0 unspecified atom stereocenters.